The van der Waals surface area contributed by atoms with Crippen molar-refractivity contribution in [2.75, 3.05) is 11.1 Å². The fraction of sp³-hybridized carbons (Fsp3) is 0.571. The Morgan fingerprint density at radius 1 is 1.28 bits per heavy atom. The molecular formula is C14H20F2N2. The summed E-state index contributed by atoms with van der Waals surface area (Å²) in [5.41, 5.74) is 5.69. The monoisotopic (exact) mass is 254 g/mol. The molecule has 0 aliphatic heterocycles. The number of nitrogens with two attached hydrogens (primary N) is 1. The van der Waals surface area contributed by atoms with Crippen molar-refractivity contribution in [3.63, 3.8) is 0 Å². The van der Waals surface area contributed by atoms with Gasteiger partial charge in [0.25, 0.3) is 0 Å². The molecule has 2 rings (SSSR count). The summed E-state index contributed by atoms with van der Waals surface area (Å²) in [6.45, 7) is 4.38. The molecule has 1 aliphatic carbocycles. The topological polar surface area (TPSA) is 38.0 Å². The lowest BCUT2D eigenvalue weighted by molar-refractivity contribution is 0.229. The molecule has 1 saturated carbocycles. The van der Waals surface area contributed by atoms with Gasteiger partial charge in [-0.1, -0.05) is 20.3 Å². The minimum Gasteiger partial charge on any atom is -0.399 e. The van der Waals surface area contributed by atoms with Crippen LogP contribution in [0.25, 0.3) is 0 Å². The van der Waals surface area contributed by atoms with Gasteiger partial charge < -0.3 is 11.1 Å². The Bertz CT molecular complexity index is 420. The van der Waals surface area contributed by atoms with E-state index in [2.05, 4.69) is 19.2 Å². The minimum absolute atomic E-state index is 0.0492. The number of rotatable bonds is 2. The summed E-state index contributed by atoms with van der Waals surface area (Å²) in [5, 5.41) is 2.99. The first-order chi connectivity index (χ1) is 8.37. The third-order valence-corrected chi connectivity index (χ3v) is 3.62. The van der Waals surface area contributed by atoms with Crippen LogP contribution in [-0.2, 0) is 0 Å². The fourth-order valence-electron chi connectivity index (χ4n) is 2.76. The van der Waals surface area contributed by atoms with Gasteiger partial charge in [-0.3, -0.25) is 0 Å². The lowest BCUT2D eigenvalue weighted by Crippen LogP contribution is -2.32. The summed E-state index contributed by atoms with van der Waals surface area (Å²) in [5.74, 6) is -1.23. The van der Waals surface area contributed by atoms with Gasteiger partial charge in [-0.15, -0.1) is 0 Å². The molecule has 0 aromatic heterocycles. The van der Waals surface area contributed by atoms with Gasteiger partial charge >= 0.3 is 0 Å². The average molecular weight is 254 g/mol. The van der Waals surface area contributed by atoms with Crippen LogP contribution in [0.3, 0.4) is 0 Å². The summed E-state index contributed by atoms with van der Waals surface area (Å²) >= 11 is 0. The molecule has 0 radical (unpaired) electrons. The summed E-state index contributed by atoms with van der Waals surface area (Å²) < 4.78 is 27.4. The van der Waals surface area contributed by atoms with Gasteiger partial charge in [-0.2, -0.15) is 0 Å². The Hall–Kier alpha value is -1.32. The summed E-state index contributed by atoms with van der Waals surface area (Å²) in [6, 6.07) is 2.43. The predicted molar refractivity (Wildman–Crippen MR) is 70.4 cm³/mol. The quantitative estimate of drug-likeness (QED) is 0.785. The van der Waals surface area contributed by atoms with Crippen molar-refractivity contribution < 1.29 is 8.78 Å². The second-order valence-corrected chi connectivity index (χ2v) is 5.96. The maximum absolute atomic E-state index is 13.7. The molecule has 1 unspecified atom stereocenters. The van der Waals surface area contributed by atoms with Crippen molar-refractivity contribution >= 4 is 11.4 Å². The van der Waals surface area contributed by atoms with Crippen molar-refractivity contribution in [2.24, 2.45) is 5.41 Å². The predicted octanol–water partition coefficient (Wildman–Crippen LogP) is 3.93. The molecule has 100 valence electrons. The molecule has 1 aliphatic rings. The van der Waals surface area contributed by atoms with E-state index in [1.807, 2.05) is 0 Å². The van der Waals surface area contributed by atoms with Crippen molar-refractivity contribution in [3.05, 3.63) is 23.8 Å². The van der Waals surface area contributed by atoms with E-state index in [-0.39, 0.29) is 22.8 Å². The van der Waals surface area contributed by atoms with Gasteiger partial charge in [0.15, 0.2) is 11.6 Å². The maximum Gasteiger partial charge on any atom is 0.151 e. The third-order valence-electron chi connectivity index (χ3n) is 3.62. The highest BCUT2D eigenvalue weighted by Crippen LogP contribution is 2.37. The molecule has 1 aromatic carbocycles. The largest absolute Gasteiger partial charge is 0.399 e. The van der Waals surface area contributed by atoms with E-state index in [0.29, 0.717) is 0 Å². The molecular weight excluding hydrogens is 234 g/mol. The van der Waals surface area contributed by atoms with E-state index in [1.54, 1.807) is 0 Å². The van der Waals surface area contributed by atoms with Crippen LogP contribution in [0.5, 0.6) is 0 Å². The smallest absolute Gasteiger partial charge is 0.151 e. The van der Waals surface area contributed by atoms with Crippen LogP contribution in [0.1, 0.15) is 39.5 Å². The third kappa shape index (κ3) is 2.92. The molecule has 4 heteroatoms. The molecule has 0 amide bonds. The zero-order chi connectivity index (χ0) is 13.3. The lowest BCUT2D eigenvalue weighted by atomic mass is 9.75. The van der Waals surface area contributed by atoms with Gasteiger partial charge in [0.05, 0.1) is 0 Å². The maximum atomic E-state index is 13.7. The number of hydrogen-bond donors (Lipinski definition) is 2. The second-order valence-electron chi connectivity index (χ2n) is 5.96. The van der Waals surface area contributed by atoms with Crippen LogP contribution in [0.4, 0.5) is 20.2 Å². The number of benzene rings is 1. The number of nitrogen functional groups attached to an aromatic ring is 1. The summed E-state index contributed by atoms with van der Waals surface area (Å²) in [4.78, 5) is 0. The van der Waals surface area contributed by atoms with E-state index in [4.69, 9.17) is 5.73 Å². The Morgan fingerprint density at radius 3 is 2.44 bits per heavy atom. The van der Waals surface area contributed by atoms with Crippen LogP contribution < -0.4 is 11.1 Å². The number of anilines is 2. The zero-order valence-corrected chi connectivity index (χ0v) is 10.9. The van der Waals surface area contributed by atoms with E-state index < -0.39 is 11.6 Å². The van der Waals surface area contributed by atoms with Crippen molar-refractivity contribution in [1.29, 1.82) is 0 Å². The summed E-state index contributed by atoms with van der Waals surface area (Å²) in [7, 11) is 0. The van der Waals surface area contributed by atoms with Crippen LogP contribution in [0.2, 0.25) is 0 Å². The first-order valence-electron chi connectivity index (χ1n) is 6.38. The molecule has 18 heavy (non-hydrogen) atoms. The van der Waals surface area contributed by atoms with Gasteiger partial charge in [0.2, 0.25) is 0 Å². The molecule has 0 spiro atoms. The molecule has 2 nitrogen and oxygen atoms in total. The lowest BCUT2D eigenvalue weighted by Gasteiger charge is -2.36. The molecule has 0 bridgehead atoms. The van der Waals surface area contributed by atoms with E-state index in [0.717, 1.165) is 37.8 Å². The standard InChI is InChI=1S/C14H20F2N2/c1-14(2)5-3-4-10(8-14)18-13-11(15)6-9(17)7-12(13)16/h6-7,10,18H,3-5,8,17H2,1-2H3. The van der Waals surface area contributed by atoms with Gasteiger partial charge in [0, 0.05) is 11.7 Å². The van der Waals surface area contributed by atoms with E-state index in [1.165, 1.54) is 0 Å². The highest BCUT2D eigenvalue weighted by molar-refractivity contribution is 5.54. The van der Waals surface area contributed by atoms with Crippen molar-refractivity contribution in [1.82, 2.24) is 0 Å². The Morgan fingerprint density at radius 2 is 1.89 bits per heavy atom. The first kappa shape index (κ1) is 13.1. The second kappa shape index (κ2) is 4.75. The minimum atomic E-state index is -0.615. The number of nitrogens with one attached hydrogen (secondary N) is 1. The average Bonchev–Trinajstić information content (AvgIpc) is 2.22. The Balaban J connectivity index is 2.14. The molecule has 1 aromatic rings. The van der Waals surface area contributed by atoms with Crippen LogP contribution >= 0.6 is 0 Å². The van der Waals surface area contributed by atoms with Crippen molar-refractivity contribution in [2.45, 2.75) is 45.6 Å². The molecule has 1 fully saturated rings. The SMILES string of the molecule is CC1(C)CCCC(Nc2c(F)cc(N)cc2F)C1. The highest BCUT2D eigenvalue weighted by atomic mass is 19.1. The van der Waals surface area contributed by atoms with Gasteiger partial charge in [-0.25, -0.2) is 8.78 Å². The molecule has 0 heterocycles. The normalized spacial score (nSPS) is 22.8. The van der Waals surface area contributed by atoms with E-state index in [9.17, 15) is 8.78 Å². The highest BCUT2D eigenvalue weighted by Gasteiger charge is 2.28. The van der Waals surface area contributed by atoms with Crippen LogP contribution in [0, 0.1) is 17.0 Å². The number of hydrogen-bond acceptors (Lipinski definition) is 2. The molecule has 1 atom stereocenters. The molecule has 3 N–H and O–H groups in total. The fourth-order valence-corrected chi connectivity index (χ4v) is 2.76. The first-order valence-corrected chi connectivity index (χ1v) is 6.38. The number of halogens is 2. The Kier molecular flexibility index (Phi) is 3.46. The zero-order valence-electron chi connectivity index (χ0n) is 10.9. The summed E-state index contributed by atoms with van der Waals surface area (Å²) in [6.07, 6.45) is 4.13. The van der Waals surface area contributed by atoms with Crippen LogP contribution in [-0.4, -0.2) is 6.04 Å². The Labute approximate surface area is 107 Å². The van der Waals surface area contributed by atoms with E-state index >= 15 is 0 Å². The van der Waals surface area contributed by atoms with Gasteiger partial charge in [0.1, 0.15) is 5.69 Å². The van der Waals surface area contributed by atoms with Crippen molar-refractivity contribution in [3.8, 4) is 0 Å². The van der Waals surface area contributed by atoms with Gasteiger partial charge in [-0.05, 0) is 36.8 Å². The van der Waals surface area contributed by atoms with Crippen LogP contribution in [0.15, 0.2) is 12.1 Å². The molecule has 0 saturated heterocycles.